The smallest absolute Gasteiger partial charge is 0.307 e. The van der Waals surface area contributed by atoms with Gasteiger partial charge in [0.2, 0.25) is 0 Å². The number of aryl methyl sites for hydroxylation is 1. The SMILES string of the molecule is COC(=O)CCN1C(=S)N[C@@H](c2ccccn2)[C@H]1c1cccn1-c1ccc(Cl)c(C)c1. The Morgan fingerprint density at radius 2 is 2.10 bits per heavy atom. The van der Waals surface area contributed by atoms with E-state index >= 15 is 0 Å². The van der Waals surface area contributed by atoms with Crippen LogP contribution < -0.4 is 5.32 Å². The highest BCUT2D eigenvalue weighted by Crippen LogP contribution is 2.39. The van der Waals surface area contributed by atoms with Crippen LogP contribution in [-0.4, -0.2) is 39.2 Å². The van der Waals surface area contributed by atoms with Crippen molar-refractivity contribution in [2.45, 2.75) is 25.4 Å². The molecule has 3 aromatic rings. The second kappa shape index (κ2) is 9.08. The molecule has 0 unspecified atom stereocenters. The van der Waals surface area contributed by atoms with Gasteiger partial charge in [-0.3, -0.25) is 9.78 Å². The average molecular weight is 455 g/mol. The molecule has 0 aliphatic carbocycles. The molecule has 1 fully saturated rings. The highest BCUT2D eigenvalue weighted by Gasteiger charge is 2.41. The predicted octanol–water partition coefficient (Wildman–Crippen LogP) is 4.37. The van der Waals surface area contributed by atoms with Crippen LogP contribution in [0.15, 0.2) is 60.9 Å². The minimum atomic E-state index is -0.272. The highest BCUT2D eigenvalue weighted by molar-refractivity contribution is 7.80. The number of esters is 1. The van der Waals surface area contributed by atoms with E-state index in [0.29, 0.717) is 11.7 Å². The normalized spacial score (nSPS) is 18.2. The molecular formula is C23H23ClN4O2S. The number of halogens is 1. The van der Waals surface area contributed by atoms with Crippen molar-refractivity contribution in [3.8, 4) is 5.69 Å². The highest BCUT2D eigenvalue weighted by atomic mass is 35.5. The van der Waals surface area contributed by atoms with Crippen molar-refractivity contribution in [2.24, 2.45) is 0 Å². The Kier molecular flexibility index (Phi) is 6.25. The predicted molar refractivity (Wildman–Crippen MR) is 124 cm³/mol. The maximum atomic E-state index is 11.8. The van der Waals surface area contributed by atoms with E-state index in [0.717, 1.165) is 27.7 Å². The van der Waals surface area contributed by atoms with Crippen LogP contribution in [0.1, 0.15) is 35.5 Å². The summed E-state index contributed by atoms with van der Waals surface area (Å²) in [6.45, 7) is 2.43. The summed E-state index contributed by atoms with van der Waals surface area (Å²) in [5.41, 5.74) is 3.93. The molecule has 3 heterocycles. The number of aromatic nitrogens is 2. The van der Waals surface area contributed by atoms with Crippen molar-refractivity contribution in [1.29, 1.82) is 0 Å². The van der Waals surface area contributed by atoms with Crippen molar-refractivity contribution >= 4 is 34.9 Å². The summed E-state index contributed by atoms with van der Waals surface area (Å²) in [5.74, 6) is -0.272. The number of thiocarbonyl (C=S) groups is 1. The van der Waals surface area contributed by atoms with E-state index in [9.17, 15) is 4.79 Å². The summed E-state index contributed by atoms with van der Waals surface area (Å²) in [6.07, 6.45) is 4.04. The summed E-state index contributed by atoms with van der Waals surface area (Å²) < 4.78 is 6.97. The number of carbonyl (C=O) groups excluding carboxylic acids is 1. The van der Waals surface area contributed by atoms with Crippen molar-refractivity contribution in [3.63, 3.8) is 0 Å². The second-order valence-corrected chi connectivity index (χ2v) is 8.18. The fourth-order valence-corrected chi connectivity index (χ4v) is 4.38. The fraction of sp³-hybridized carbons (Fsp3) is 0.261. The lowest BCUT2D eigenvalue weighted by Crippen LogP contribution is -2.32. The van der Waals surface area contributed by atoms with Gasteiger partial charge in [-0.1, -0.05) is 17.7 Å². The first kappa shape index (κ1) is 21.3. The number of nitrogens with one attached hydrogen (secondary N) is 1. The maximum Gasteiger partial charge on any atom is 0.307 e. The molecular weight excluding hydrogens is 432 g/mol. The number of pyridine rings is 1. The number of nitrogens with zero attached hydrogens (tertiary/aromatic N) is 3. The van der Waals surface area contributed by atoms with E-state index in [1.165, 1.54) is 7.11 Å². The number of hydrogen-bond donors (Lipinski definition) is 1. The van der Waals surface area contributed by atoms with Crippen LogP contribution in [-0.2, 0) is 9.53 Å². The summed E-state index contributed by atoms with van der Waals surface area (Å²) >= 11 is 11.9. The Morgan fingerprint density at radius 1 is 1.26 bits per heavy atom. The number of benzene rings is 1. The molecule has 6 nitrogen and oxygen atoms in total. The van der Waals surface area contributed by atoms with Crippen molar-refractivity contribution in [1.82, 2.24) is 19.8 Å². The maximum absolute atomic E-state index is 11.8. The van der Waals surface area contributed by atoms with Crippen LogP contribution in [0.25, 0.3) is 5.69 Å². The Labute approximate surface area is 191 Å². The van der Waals surface area contributed by atoms with E-state index in [4.69, 9.17) is 28.6 Å². The van der Waals surface area contributed by atoms with Gasteiger partial charge in [0.1, 0.15) is 0 Å². The molecule has 2 atom stereocenters. The topological polar surface area (TPSA) is 59.4 Å². The lowest BCUT2D eigenvalue weighted by atomic mass is 10.0. The van der Waals surface area contributed by atoms with Gasteiger partial charge in [0.25, 0.3) is 0 Å². The molecule has 4 rings (SSSR count). The van der Waals surface area contributed by atoms with Gasteiger partial charge in [0.05, 0.1) is 31.3 Å². The number of ether oxygens (including phenoxy) is 1. The van der Waals surface area contributed by atoms with Gasteiger partial charge in [-0.05, 0) is 67.2 Å². The summed E-state index contributed by atoms with van der Waals surface area (Å²) in [6, 6.07) is 15.6. The summed E-state index contributed by atoms with van der Waals surface area (Å²) in [5, 5.41) is 4.72. The first-order valence-corrected chi connectivity index (χ1v) is 10.8. The van der Waals surface area contributed by atoms with Gasteiger partial charge in [-0.25, -0.2) is 0 Å². The van der Waals surface area contributed by atoms with Gasteiger partial charge in [-0.15, -0.1) is 0 Å². The lowest BCUT2D eigenvalue weighted by Gasteiger charge is -2.28. The van der Waals surface area contributed by atoms with Gasteiger partial charge >= 0.3 is 5.97 Å². The number of methoxy groups -OCH3 is 1. The summed E-state index contributed by atoms with van der Waals surface area (Å²) in [4.78, 5) is 18.4. The van der Waals surface area contributed by atoms with Crippen molar-refractivity contribution < 1.29 is 9.53 Å². The Balaban J connectivity index is 1.77. The third kappa shape index (κ3) is 4.29. The average Bonchev–Trinajstić information content (AvgIpc) is 3.38. The minimum absolute atomic E-state index is 0.155. The van der Waals surface area contributed by atoms with Crippen LogP contribution in [0.4, 0.5) is 0 Å². The number of rotatable bonds is 6. The molecule has 1 N–H and O–H groups in total. The lowest BCUT2D eigenvalue weighted by molar-refractivity contribution is -0.140. The monoisotopic (exact) mass is 454 g/mol. The first-order valence-electron chi connectivity index (χ1n) is 9.98. The molecule has 8 heteroatoms. The zero-order chi connectivity index (χ0) is 22.0. The zero-order valence-electron chi connectivity index (χ0n) is 17.3. The Hall–Kier alpha value is -2.90. The Morgan fingerprint density at radius 3 is 2.81 bits per heavy atom. The quantitative estimate of drug-likeness (QED) is 0.441. The molecule has 1 aromatic carbocycles. The number of carbonyl (C=O) groups is 1. The van der Waals surface area contributed by atoms with Gasteiger partial charge < -0.3 is 19.5 Å². The van der Waals surface area contributed by atoms with Gasteiger partial charge in [-0.2, -0.15) is 0 Å². The van der Waals surface area contributed by atoms with Crippen LogP contribution in [0.5, 0.6) is 0 Å². The van der Waals surface area contributed by atoms with Crippen LogP contribution in [0.3, 0.4) is 0 Å². The van der Waals surface area contributed by atoms with E-state index < -0.39 is 0 Å². The molecule has 0 bridgehead atoms. The molecule has 0 amide bonds. The fourth-order valence-electron chi connectivity index (χ4n) is 3.93. The van der Waals surface area contributed by atoms with E-state index in [1.807, 2.05) is 54.4 Å². The minimum Gasteiger partial charge on any atom is -0.469 e. The number of hydrogen-bond acceptors (Lipinski definition) is 4. The molecule has 0 spiro atoms. The van der Waals surface area contributed by atoms with Crippen LogP contribution in [0.2, 0.25) is 5.02 Å². The molecule has 1 aliphatic rings. The third-order valence-corrected chi connectivity index (χ3v) is 6.26. The van der Waals surface area contributed by atoms with E-state index in [2.05, 4.69) is 27.0 Å². The van der Waals surface area contributed by atoms with E-state index in [-0.39, 0.29) is 24.5 Å². The molecule has 31 heavy (non-hydrogen) atoms. The standard InChI is InChI=1S/C23H23ClN4O2S/c1-15-14-16(8-9-17(15)24)27-12-5-7-19(27)22-21(18-6-3-4-11-25-18)26-23(31)28(22)13-10-20(29)30-2/h3-9,11-12,14,21-22H,10,13H2,1-2H3,(H,26,31)/t21-,22+/m0/s1. The van der Waals surface area contributed by atoms with E-state index in [1.54, 1.807) is 6.20 Å². The zero-order valence-corrected chi connectivity index (χ0v) is 18.9. The van der Waals surface area contributed by atoms with Crippen molar-refractivity contribution in [3.05, 3.63) is 82.9 Å². The van der Waals surface area contributed by atoms with Crippen LogP contribution >= 0.6 is 23.8 Å². The molecule has 0 radical (unpaired) electrons. The van der Waals surface area contributed by atoms with Gasteiger partial charge in [0, 0.05) is 35.3 Å². The first-order chi connectivity index (χ1) is 15.0. The molecule has 1 saturated heterocycles. The van der Waals surface area contributed by atoms with Crippen LogP contribution in [0, 0.1) is 6.92 Å². The molecule has 1 aliphatic heterocycles. The second-order valence-electron chi connectivity index (χ2n) is 7.38. The van der Waals surface area contributed by atoms with Gasteiger partial charge in [0.15, 0.2) is 5.11 Å². The Bertz CT molecular complexity index is 1100. The molecule has 0 saturated carbocycles. The summed E-state index contributed by atoms with van der Waals surface area (Å²) in [7, 11) is 1.39. The largest absolute Gasteiger partial charge is 0.469 e. The van der Waals surface area contributed by atoms with Crippen molar-refractivity contribution in [2.75, 3.05) is 13.7 Å². The molecule has 2 aromatic heterocycles. The molecule has 160 valence electrons. The third-order valence-electron chi connectivity index (χ3n) is 5.49.